The van der Waals surface area contributed by atoms with Crippen molar-refractivity contribution in [1.29, 1.82) is 0 Å². The monoisotopic (exact) mass is 399 g/mol. The van der Waals surface area contributed by atoms with Crippen molar-refractivity contribution in [2.45, 2.75) is 29.5 Å². The van der Waals surface area contributed by atoms with Crippen molar-refractivity contribution >= 4 is 35.3 Å². The van der Waals surface area contributed by atoms with Crippen molar-refractivity contribution in [3.8, 4) is 0 Å². The highest BCUT2D eigenvalue weighted by molar-refractivity contribution is 8.01. The van der Waals surface area contributed by atoms with Crippen molar-refractivity contribution in [1.82, 2.24) is 0 Å². The largest absolute Gasteiger partial charge is 0.464 e. The number of hydrogen-bond donors (Lipinski definition) is 0. The first-order valence-electron chi connectivity index (χ1n) is 9.02. The van der Waals surface area contributed by atoms with Crippen LogP contribution in [0.1, 0.15) is 13.8 Å². The molecule has 0 aromatic heterocycles. The number of carbonyl (C=O) groups is 3. The van der Waals surface area contributed by atoms with Gasteiger partial charge in [-0.15, -0.1) is 11.8 Å². The average molecular weight is 399 g/mol. The lowest BCUT2D eigenvalue weighted by atomic mass is 9.82. The number of carbonyl (C=O) groups excluding carboxylic acids is 3. The molecule has 1 fully saturated rings. The number of para-hydroxylation sites is 1. The molecule has 0 N–H and O–H groups in total. The third kappa shape index (κ3) is 3.26. The third-order valence-electron chi connectivity index (χ3n) is 4.36. The van der Waals surface area contributed by atoms with Gasteiger partial charge >= 0.3 is 11.9 Å². The number of thioether (sulfide) groups is 1. The van der Waals surface area contributed by atoms with Gasteiger partial charge in [-0.2, -0.15) is 0 Å². The fraction of sp³-hybridized carbons (Fsp3) is 0.286. The summed E-state index contributed by atoms with van der Waals surface area (Å²) in [4.78, 5) is 41.2. The number of rotatable bonds is 7. The van der Waals surface area contributed by atoms with Gasteiger partial charge < -0.3 is 9.47 Å². The summed E-state index contributed by atoms with van der Waals surface area (Å²) in [6.07, 6.45) is 0. The first-order chi connectivity index (χ1) is 13.6. The number of esters is 2. The minimum Gasteiger partial charge on any atom is -0.464 e. The lowest BCUT2D eigenvalue weighted by molar-refractivity contribution is -0.170. The van der Waals surface area contributed by atoms with Gasteiger partial charge in [0.2, 0.25) is 5.91 Å². The van der Waals surface area contributed by atoms with E-state index >= 15 is 0 Å². The SMILES string of the molecule is CCOC(=O)C1(C(=O)OCC)[C@H](Sc2ccccc2)C(=O)N1c1ccccc1. The second-order valence-corrected chi connectivity index (χ2v) is 7.21. The summed E-state index contributed by atoms with van der Waals surface area (Å²) in [5.74, 6) is -1.92. The molecule has 7 heteroatoms. The molecule has 1 heterocycles. The Balaban J connectivity index is 2.10. The minimum absolute atomic E-state index is 0.0829. The molecule has 0 aliphatic carbocycles. The van der Waals surface area contributed by atoms with Crippen LogP contribution in [0.3, 0.4) is 0 Å². The number of nitrogens with zero attached hydrogens (tertiary/aromatic N) is 1. The van der Waals surface area contributed by atoms with Crippen LogP contribution in [-0.4, -0.2) is 41.8 Å². The second kappa shape index (κ2) is 8.48. The minimum atomic E-state index is -1.87. The molecule has 0 unspecified atom stereocenters. The third-order valence-corrected chi connectivity index (χ3v) is 5.68. The molecule has 28 heavy (non-hydrogen) atoms. The standard InChI is InChI=1S/C21H21NO5S/c1-3-26-19(24)21(20(25)27-4-2)17(28-16-13-9-6-10-14-16)18(23)22(21)15-11-7-5-8-12-15/h5-14,17H,3-4H2,1-2H3/t17-/m1/s1. The van der Waals surface area contributed by atoms with Crippen LogP contribution in [0.5, 0.6) is 0 Å². The molecule has 6 nitrogen and oxygen atoms in total. The molecule has 1 aliphatic heterocycles. The van der Waals surface area contributed by atoms with Gasteiger partial charge in [0.25, 0.3) is 5.54 Å². The molecular formula is C21H21NO5S. The van der Waals surface area contributed by atoms with E-state index in [-0.39, 0.29) is 19.1 Å². The highest BCUT2D eigenvalue weighted by Gasteiger charge is 2.73. The van der Waals surface area contributed by atoms with Gasteiger partial charge in [0.1, 0.15) is 5.25 Å². The average Bonchev–Trinajstić information content (AvgIpc) is 2.71. The second-order valence-electron chi connectivity index (χ2n) is 6.03. The number of benzene rings is 2. The first kappa shape index (κ1) is 19.9. The van der Waals surface area contributed by atoms with Crippen LogP contribution in [0.25, 0.3) is 0 Å². The van der Waals surface area contributed by atoms with E-state index in [4.69, 9.17) is 9.47 Å². The Labute approximate surface area is 167 Å². The van der Waals surface area contributed by atoms with Crippen LogP contribution in [0.2, 0.25) is 0 Å². The Morgan fingerprint density at radius 3 is 1.93 bits per heavy atom. The maximum atomic E-state index is 13.1. The summed E-state index contributed by atoms with van der Waals surface area (Å²) < 4.78 is 10.5. The number of amides is 1. The number of anilines is 1. The van der Waals surface area contributed by atoms with E-state index in [1.54, 1.807) is 44.2 Å². The maximum Gasteiger partial charge on any atom is 0.346 e. The summed E-state index contributed by atoms with van der Waals surface area (Å²) in [5.41, 5.74) is -1.43. The molecule has 0 radical (unpaired) electrons. The van der Waals surface area contributed by atoms with Crippen molar-refractivity contribution in [2.75, 3.05) is 18.1 Å². The van der Waals surface area contributed by atoms with Crippen LogP contribution in [0.4, 0.5) is 5.69 Å². The van der Waals surface area contributed by atoms with E-state index in [1.807, 2.05) is 30.3 Å². The van der Waals surface area contributed by atoms with Crippen molar-refractivity contribution < 1.29 is 23.9 Å². The Bertz CT molecular complexity index is 838. The predicted molar refractivity (Wildman–Crippen MR) is 106 cm³/mol. The summed E-state index contributed by atoms with van der Waals surface area (Å²) in [5, 5.41) is -0.979. The normalized spacial score (nSPS) is 17.6. The zero-order valence-corrected chi connectivity index (χ0v) is 16.5. The Kier molecular flexibility index (Phi) is 6.04. The molecule has 0 saturated carbocycles. The van der Waals surface area contributed by atoms with Crippen molar-refractivity contribution in [2.24, 2.45) is 0 Å². The summed E-state index contributed by atoms with van der Waals surface area (Å²) in [6.45, 7) is 3.48. The maximum absolute atomic E-state index is 13.1. The molecular weight excluding hydrogens is 378 g/mol. The van der Waals surface area contributed by atoms with E-state index in [0.29, 0.717) is 5.69 Å². The Morgan fingerprint density at radius 2 is 1.43 bits per heavy atom. The molecule has 0 bridgehead atoms. The molecule has 1 saturated heterocycles. The summed E-state index contributed by atoms with van der Waals surface area (Å²) in [6, 6.07) is 17.8. The van der Waals surface area contributed by atoms with Gasteiger partial charge in [0.05, 0.1) is 13.2 Å². The molecule has 1 aliphatic rings. The van der Waals surface area contributed by atoms with E-state index in [2.05, 4.69) is 0 Å². The van der Waals surface area contributed by atoms with Gasteiger partial charge in [-0.05, 0) is 38.1 Å². The van der Waals surface area contributed by atoms with E-state index < -0.39 is 22.7 Å². The predicted octanol–water partition coefficient (Wildman–Crippen LogP) is 3.06. The zero-order chi connectivity index (χ0) is 20.1. The quantitative estimate of drug-likeness (QED) is 0.405. The highest BCUT2D eigenvalue weighted by Crippen LogP contribution is 2.47. The fourth-order valence-electron chi connectivity index (χ4n) is 3.16. The van der Waals surface area contributed by atoms with Crippen LogP contribution < -0.4 is 4.90 Å². The van der Waals surface area contributed by atoms with E-state index in [0.717, 1.165) is 16.7 Å². The summed E-state index contributed by atoms with van der Waals surface area (Å²) >= 11 is 1.16. The van der Waals surface area contributed by atoms with E-state index in [1.165, 1.54) is 4.90 Å². The molecule has 1 atom stereocenters. The first-order valence-corrected chi connectivity index (χ1v) is 9.90. The molecule has 2 aromatic rings. The summed E-state index contributed by atoms with van der Waals surface area (Å²) in [7, 11) is 0. The Morgan fingerprint density at radius 1 is 0.929 bits per heavy atom. The highest BCUT2D eigenvalue weighted by atomic mass is 32.2. The van der Waals surface area contributed by atoms with Gasteiger partial charge in [-0.25, -0.2) is 9.59 Å². The van der Waals surface area contributed by atoms with E-state index in [9.17, 15) is 14.4 Å². The van der Waals surface area contributed by atoms with Crippen LogP contribution in [-0.2, 0) is 23.9 Å². The smallest absolute Gasteiger partial charge is 0.346 e. The van der Waals surface area contributed by atoms with Crippen LogP contribution in [0, 0.1) is 0 Å². The molecule has 1 amide bonds. The van der Waals surface area contributed by atoms with Gasteiger partial charge in [0.15, 0.2) is 0 Å². The number of ether oxygens (including phenoxy) is 2. The molecule has 0 spiro atoms. The lowest BCUT2D eigenvalue weighted by Crippen LogP contribution is -2.81. The van der Waals surface area contributed by atoms with Gasteiger partial charge in [-0.1, -0.05) is 36.4 Å². The Hall–Kier alpha value is -2.80. The van der Waals surface area contributed by atoms with Crippen molar-refractivity contribution in [3.63, 3.8) is 0 Å². The molecule has 2 aromatic carbocycles. The number of hydrogen-bond acceptors (Lipinski definition) is 6. The van der Waals surface area contributed by atoms with Crippen molar-refractivity contribution in [3.05, 3.63) is 60.7 Å². The van der Waals surface area contributed by atoms with Gasteiger partial charge in [0, 0.05) is 10.6 Å². The molecule has 3 rings (SSSR count). The molecule has 146 valence electrons. The fourth-order valence-corrected chi connectivity index (χ4v) is 4.42. The lowest BCUT2D eigenvalue weighted by Gasteiger charge is -2.52. The van der Waals surface area contributed by atoms with Crippen LogP contribution in [0.15, 0.2) is 65.6 Å². The topological polar surface area (TPSA) is 72.9 Å². The number of β-lactam (4-membered cyclic amide) rings is 1. The van der Waals surface area contributed by atoms with Gasteiger partial charge in [-0.3, -0.25) is 9.69 Å². The van der Waals surface area contributed by atoms with Crippen LogP contribution >= 0.6 is 11.8 Å². The zero-order valence-electron chi connectivity index (χ0n) is 15.7.